The number of hydrogen-bond acceptors (Lipinski definition) is 4. The van der Waals surface area contributed by atoms with Gasteiger partial charge in [0.2, 0.25) is 0 Å². The van der Waals surface area contributed by atoms with Gasteiger partial charge in [-0.05, 0) is 6.42 Å². The molecule has 0 rings (SSSR count). The molecule has 0 spiro atoms. The lowest BCUT2D eigenvalue weighted by Gasteiger charge is -2.08. The van der Waals surface area contributed by atoms with Gasteiger partial charge in [-0.15, -0.1) is 0 Å². The number of aliphatic carboxylic acids is 1. The van der Waals surface area contributed by atoms with Crippen LogP contribution in [0.5, 0.6) is 0 Å². The maximum Gasteiger partial charge on any atom is 0.335 e. The van der Waals surface area contributed by atoms with E-state index in [1.807, 2.05) is 0 Å². The van der Waals surface area contributed by atoms with Crippen molar-refractivity contribution in [3.63, 3.8) is 0 Å². The van der Waals surface area contributed by atoms with Gasteiger partial charge in [0, 0.05) is 0 Å². The van der Waals surface area contributed by atoms with E-state index in [4.69, 9.17) is 9.84 Å². The molecule has 0 bridgehead atoms. The molecule has 1 atom stereocenters. The van der Waals surface area contributed by atoms with Crippen molar-refractivity contribution in [2.75, 3.05) is 6.61 Å². The fourth-order valence-electron chi connectivity index (χ4n) is 3.52. The zero-order valence-corrected chi connectivity index (χ0v) is 18.8. The fourth-order valence-corrected chi connectivity index (χ4v) is 3.52. The molecule has 0 saturated carbocycles. The van der Waals surface area contributed by atoms with Crippen molar-refractivity contribution in [3.8, 4) is 0 Å². The summed E-state index contributed by atoms with van der Waals surface area (Å²) in [5.74, 6) is -2.04. The molecule has 0 saturated heterocycles. The van der Waals surface area contributed by atoms with Gasteiger partial charge in [-0.2, -0.15) is 0 Å². The van der Waals surface area contributed by atoms with E-state index in [1.165, 1.54) is 96.3 Å². The Hall–Kier alpha value is -1.10. The Morgan fingerprint density at radius 2 is 1.00 bits per heavy atom. The Labute approximate surface area is 178 Å². The highest BCUT2D eigenvalue weighted by Gasteiger charge is 2.19. The van der Waals surface area contributed by atoms with Crippen LogP contribution in [0.2, 0.25) is 0 Å². The third kappa shape index (κ3) is 21.4. The first-order chi connectivity index (χ1) is 14.1. The van der Waals surface area contributed by atoms with Crippen molar-refractivity contribution >= 4 is 11.9 Å². The van der Waals surface area contributed by atoms with E-state index < -0.39 is 24.5 Å². The maximum absolute atomic E-state index is 11.3. The lowest BCUT2D eigenvalue weighted by molar-refractivity contribution is -0.158. The summed E-state index contributed by atoms with van der Waals surface area (Å²) in [5.41, 5.74) is 0. The second-order valence-corrected chi connectivity index (χ2v) is 8.29. The van der Waals surface area contributed by atoms with Crippen molar-refractivity contribution < 1.29 is 24.5 Å². The van der Waals surface area contributed by atoms with Crippen LogP contribution < -0.4 is 0 Å². The van der Waals surface area contributed by atoms with Crippen LogP contribution in [-0.4, -0.2) is 34.9 Å². The molecule has 29 heavy (non-hydrogen) atoms. The van der Waals surface area contributed by atoms with E-state index in [0.29, 0.717) is 0 Å². The number of hydrogen-bond donors (Lipinski definition) is 2. The number of aliphatic hydroxyl groups excluding tert-OH is 1. The molecule has 5 nitrogen and oxygen atoms in total. The number of carbonyl (C=O) groups excluding carboxylic acids is 1. The summed E-state index contributed by atoms with van der Waals surface area (Å²) in [4.78, 5) is 21.7. The highest BCUT2D eigenvalue weighted by Crippen LogP contribution is 2.14. The topological polar surface area (TPSA) is 83.8 Å². The van der Waals surface area contributed by atoms with E-state index in [2.05, 4.69) is 6.92 Å². The number of carbonyl (C=O) groups is 2. The highest BCUT2D eigenvalue weighted by molar-refractivity contribution is 5.80. The highest BCUT2D eigenvalue weighted by atomic mass is 16.5. The molecule has 0 fully saturated rings. The van der Waals surface area contributed by atoms with Gasteiger partial charge >= 0.3 is 11.9 Å². The Kier molecular flexibility index (Phi) is 20.8. The summed E-state index contributed by atoms with van der Waals surface area (Å²) in [6, 6.07) is 0. The van der Waals surface area contributed by atoms with Gasteiger partial charge in [-0.3, -0.25) is 4.79 Å². The number of rotatable bonds is 22. The van der Waals surface area contributed by atoms with Crippen molar-refractivity contribution in [1.29, 1.82) is 0 Å². The predicted molar refractivity (Wildman–Crippen MR) is 118 cm³/mol. The fraction of sp³-hybridized carbons (Fsp3) is 0.917. The van der Waals surface area contributed by atoms with Gasteiger partial charge in [0.1, 0.15) is 0 Å². The van der Waals surface area contributed by atoms with Crippen molar-refractivity contribution in [2.24, 2.45) is 0 Å². The summed E-state index contributed by atoms with van der Waals surface area (Å²) in [5, 5.41) is 17.8. The largest absolute Gasteiger partial charge is 0.481 e. The van der Waals surface area contributed by atoms with Gasteiger partial charge in [0.15, 0.2) is 6.10 Å². The second-order valence-electron chi connectivity index (χ2n) is 8.29. The van der Waals surface area contributed by atoms with E-state index in [9.17, 15) is 14.7 Å². The Morgan fingerprint density at radius 1 is 0.655 bits per heavy atom. The lowest BCUT2D eigenvalue weighted by Crippen LogP contribution is -2.26. The number of esters is 1. The van der Waals surface area contributed by atoms with Crippen molar-refractivity contribution in [2.45, 2.75) is 135 Å². The molecule has 5 heteroatoms. The number of carboxylic acid groups (broad SMARTS) is 1. The summed E-state index contributed by atoms with van der Waals surface area (Å²) in [7, 11) is 0. The number of aliphatic hydroxyl groups is 1. The van der Waals surface area contributed by atoms with E-state index >= 15 is 0 Å². The SMILES string of the molecule is CCCCCCCCCCCCCCCCCCCCOC(=O)C(O)CC(=O)O. The number of unbranched alkanes of at least 4 members (excludes halogenated alkanes) is 17. The standard InChI is InChI=1S/C24H46O5/c1-2-3-4-5-6-7-8-9-10-11-12-13-14-15-16-17-18-19-20-29-24(28)22(25)21-23(26)27/h22,25H,2-21H2,1H3,(H,26,27). The first-order valence-electron chi connectivity index (χ1n) is 12.1. The number of carboxylic acids is 1. The first-order valence-corrected chi connectivity index (χ1v) is 12.1. The van der Waals surface area contributed by atoms with Crippen LogP contribution in [-0.2, 0) is 14.3 Å². The zero-order chi connectivity index (χ0) is 21.6. The molecule has 0 heterocycles. The molecule has 172 valence electrons. The normalized spacial score (nSPS) is 12.1. The zero-order valence-electron chi connectivity index (χ0n) is 18.8. The average Bonchev–Trinajstić information content (AvgIpc) is 2.69. The molecule has 0 aliphatic heterocycles. The first kappa shape index (κ1) is 27.9. The van der Waals surface area contributed by atoms with Crippen LogP contribution in [0.1, 0.15) is 129 Å². The Bertz CT molecular complexity index is 383. The summed E-state index contributed by atoms with van der Waals surface area (Å²) in [6.45, 7) is 2.53. The van der Waals surface area contributed by atoms with Gasteiger partial charge in [0.05, 0.1) is 13.0 Å². The monoisotopic (exact) mass is 414 g/mol. The average molecular weight is 415 g/mol. The Balaban J connectivity index is 3.17. The minimum atomic E-state index is -1.55. The second kappa shape index (κ2) is 21.6. The van der Waals surface area contributed by atoms with Gasteiger partial charge in [0.25, 0.3) is 0 Å². The quantitative estimate of drug-likeness (QED) is 0.158. The minimum absolute atomic E-state index is 0.258. The molecular formula is C24H46O5. The third-order valence-corrected chi connectivity index (χ3v) is 5.38. The van der Waals surface area contributed by atoms with Crippen LogP contribution in [0.15, 0.2) is 0 Å². The van der Waals surface area contributed by atoms with Crippen molar-refractivity contribution in [3.05, 3.63) is 0 Å². The number of ether oxygens (including phenoxy) is 1. The van der Waals surface area contributed by atoms with Crippen LogP contribution >= 0.6 is 0 Å². The Morgan fingerprint density at radius 3 is 1.34 bits per heavy atom. The van der Waals surface area contributed by atoms with Gasteiger partial charge in [-0.1, -0.05) is 116 Å². The summed E-state index contributed by atoms with van der Waals surface area (Å²) in [6.07, 6.45) is 21.3. The lowest BCUT2D eigenvalue weighted by atomic mass is 10.0. The molecule has 0 aromatic heterocycles. The van der Waals surface area contributed by atoms with Gasteiger partial charge < -0.3 is 14.9 Å². The maximum atomic E-state index is 11.3. The summed E-state index contributed by atoms with van der Waals surface area (Å²) >= 11 is 0. The minimum Gasteiger partial charge on any atom is -0.481 e. The van der Waals surface area contributed by atoms with E-state index in [1.54, 1.807) is 0 Å². The van der Waals surface area contributed by atoms with E-state index in [0.717, 1.165) is 19.3 Å². The molecule has 0 radical (unpaired) electrons. The van der Waals surface area contributed by atoms with Crippen LogP contribution in [0.25, 0.3) is 0 Å². The third-order valence-electron chi connectivity index (χ3n) is 5.38. The smallest absolute Gasteiger partial charge is 0.335 e. The molecule has 0 aliphatic carbocycles. The van der Waals surface area contributed by atoms with Crippen LogP contribution in [0.4, 0.5) is 0 Å². The van der Waals surface area contributed by atoms with Crippen LogP contribution in [0.3, 0.4) is 0 Å². The van der Waals surface area contributed by atoms with Gasteiger partial charge in [-0.25, -0.2) is 4.79 Å². The molecule has 0 aliphatic rings. The molecular weight excluding hydrogens is 368 g/mol. The van der Waals surface area contributed by atoms with Crippen molar-refractivity contribution in [1.82, 2.24) is 0 Å². The molecule has 2 N–H and O–H groups in total. The molecule has 0 aromatic carbocycles. The molecule has 1 unspecified atom stereocenters. The van der Waals surface area contributed by atoms with E-state index in [-0.39, 0.29) is 6.61 Å². The predicted octanol–water partition coefficient (Wildman–Crippen LogP) is 6.41. The van der Waals surface area contributed by atoms with Crippen LogP contribution in [0, 0.1) is 0 Å². The summed E-state index contributed by atoms with van der Waals surface area (Å²) < 4.78 is 4.88. The molecule has 0 aromatic rings. The molecule has 0 amide bonds.